The predicted molar refractivity (Wildman–Crippen MR) is 75.7 cm³/mol. The van der Waals surface area contributed by atoms with Gasteiger partial charge >= 0.3 is 0 Å². The van der Waals surface area contributed by atoms with Gasteiger partial charge < -0.3 is 4.98 Å². The third-order valence-electron chi connectivity index (χ3n) is 3.12. The van der Waals surface area contributed by atoms with Crippen LogP contribution in [0, 0.1) is 0 Å². The van der Waals surface area contributed by atoms with E-state index in [2.05, 4.69) is 59.9 Å². The highest BCUT2D eigenvalue weighted by Gasteiger charge is 2.05. The molecule has 86 valence electrons. The van der Waals surface area contributed by atoms with Gasteiger partial charge in [0.25, 0.3) is 0 Å². The van der Waals surface area contributed by atoms with Crippen molar-refractivity contribution in [2.75, 3.05) is 0 Å². The van der Waals surface area contributed by atoms with E-state index in [1.165, 1.54) is 27.7 Å². The fourth-order valence-electron chi connectivity index (χ4n) is 2.07. The van der Waals surface area contributed by atoms with Crippen LogP contribution in [0.4, 0.5) is 0 Å². The summed E-state index contributed by atoms with van der Waals surface area (Å²) in [6.07, 6.45) is 0. The quantitative estimate of drug-likeness (QED) is 0.648. The van der Waals surface area contributed by atoms with Crippen LogP contribution in [0.5, 0.6) is 0 Å². The van der Waals surface area contributed by atoms with Crippen molar-refractivity contribution in [3.05, 3.63) is 46.8 Å². The molecule has 17 heavy (non-hydrogen) atoms. The first-order valence-electron chi connectivity index (χ1n) is 5.89. The minimum atomic E-state index is 0.548. The molecule has 0 amide bonds. The summed E-state index contributed by atoms with van der Waals surface area (Å²) in [6, 6.07) is 11.0. The molecule has 1 N–H and O–H groups in total. The van der Waals surface area contributed by atoms with Gasteiger partial charge in [-0.3, -0.25) is 0 Å². The number of H-pyrrole nitrogens is 1. The molecule has 0 atom stereocenters. The minimum absolute atomic E-state index is 0.548. The Hall–Kier alpha value is -1.54. The minimum Gasteiger partial charge on any atom is -0.358 e. The van der Waals surface area contributed by atoms with Gasteiger partial charge in [-0.05, 0) is 51.4 Å². The van der Waals surface area contributed by atoms with E-state index in [-0.39, 0.29) is 0 Å². The average Bonchev–Trinajstić information content (AvgIpc) is 2.97. The van der Waals surface area contributed by atoms with Gasteiger partial charge in [0.1, 0.15) is 0 Å². The highest BCUT2D eigenvalue weighted by molar-refractivity contribution is 7.08. The van der Waals surface area contributed by atoms with Crippen LogP contribution in [-0.2, 0) is 0 Å². The Bertz CT molecular complexity index is 632. The van der Waals surface area contributed by atoms with E-state index in [1.807, 2.05) is 0 Å². The molecule has 0 saturated carbocycles. The van der Waals surface area contributed by atoms with Gasteiger partial charge in [-0.25, -0.2) is 0 Å². The fourth-order valence-corrected chi connectivity index (χ4v) is 2.73. The molecule has 0 saturated heterocycles. The molecule has 2 heteroatoms. The van der Waals surface area contributed by atoms with E-state index in [4.69, 9.17) is 0 Å². The number of nitrogens with one attached hydrogen (secondary N) is 1. The molecule has 1 nitrogen and oxygen atoms in total. The Balaban J connectivity index is 2.13. The lowest BCUT2D eigenvalue weighted by Crippen LogP contribution is -1.84. The van der Waals surface area contributed by atoms with Crippen LogP contribution in [0.15, 0.2) is 41.1 Å². The van der Waals surface area contributed by atoms with Crippen LogP contribution < -0.4 is 0 Å². The number of hydrogen-bond donors (Lipinski definition) is 1. The lowest BCUT2D eigenvalue weighted by atomic mass is 10.1. The van der Waals surface area contributed by atoms with Crippen molar-refractivity contribution in [3.8, 4) is 11.1 Å². The first-order valence-corrected chi connectivity index (χ1v) is 6.83. The van der Waals surface area contributed by atoms with Gasteiger partial charge in [0.15, 0.2) is 0 Å². The van der Waals surface area contributed by atoms with Gasteiger partial charge in [-0.15, -0.1) is 0 Å². The SMILES string of the molecule is CC(C)c1cc2ccc(-c3ccsc3)cc2[nH]1. The standard InChI is InChI=1S/C15H15NS/c1-10(2)14-8-12-4-3-11(7-15(12)16-14)13-5-6-17-9-13/h3-10,16H,1-2H3. The maximum Gasteiger partial charge on any atom is 0.0462 e. The Labute approximate surface area is 105 Å². The van der Waals surface area contributed by atoms with Gasteiger partial charge in [0.2, 0.25) is 0 Å². The molecule has 1 aromatic carbocycles. The number of aromatic amines is 1. The number of aromatic nitrogens is 1. The first-order chi connectivity index (χ1) is 8.24. The molecule has 0 bridgehead atoms. The Morgan fingerprint density at radius 3 is 2.65 bits per heavy atom. The summed E-state index contributed by atoms with van der Waals surface area (Å²) in [4.78, 5) is 3.50. The van der Waals surface area contributed by atoms with E-state index in [0.29, 0.717) is 5.92 Å². The van der Waals surface area contributed by atoms with Gasteiger partial charge in [0.05, 0.1) is 0 Å². The average molecular weight is 241 g/mol. The molecule has 2 aromatic heterocycles. The highest BCUT2D eigenvalue weighted by Crippen LogP contribution is 2.27. The third-order valence-corrected chi connectivity index (χ3v) is 3.80. The zero-order valence-corrected chi connectivity index (χ0v) is 10.8. The van der Waals surface area contributed by atoms with Crippen molar-refractivity contribution < 1.29 is 0 Å². The molecular formula is C15H15NS. The van der Waals surface area contributed by atoms with Crippen LogP contribution in [0.2, 0.25) is 0 Å². The summed E-state index contributed by atoms with van der Waals surface area (Å²) >= 11 is 1.74. The lowest BCUT2D eigenvalue weighted by molar-refractivity contribution is 0.836. The summed E-state index contributed by atoms with van der Waals surface area (Å²) < 4.78 is 0. The Morgan fingerprint density at radius 2 is 1.94 bits per heavy atom. The van der Waals surface area contributed by atoms with Crippen molar-refractivity contribution in [2.24, 2.45) is 0 Å². The number of fused-ring (bicyclic) bond motifs is 1. The zero-order chi connectivity index (χ0) is 11.8. The maximum absolute atomic E-state index is 3.50. The normalized spacial score (nSPS) is 11.5. The van der Waals surface area contributed by atoms with E-state index < -0.39 is 0 Å². The predicted octanol–water partition coefficient (Wildman–Crippen LogP) is 5.02. The zero-order valence-electron chi connectivity index (χ0n) is 10.0. The van der Waals surface area contributed by atoms with Crippen LogP contribution in [0.3, 0.4) is 0 Å². The van der Waals surface area contributed by atoms with Gasteiger partial charge in [-0.1, -0.05) is 26.0 Å². The van der Waals surface area contributed by atoms with E-state index in [9.17, 15) is 0 Å². The van der Waals surface area contributed by atoms with Crippen LogP contribution in [0.25, 0.3) is 22.0 Å². The monoisotopic (exact) mass is 241 g/mol. The van der Waals surface area contributed by atoms with E-state index in [0.717, 1.165) is 0 Å². The Kier molecular flexibility index (Phi) is 2.52. The Morgan fingerprint density at radius 1 is 1.06 bits per heavy atom. The smallest absolute Gasteiger partial charge is 0.0462 e. The molecule has 3 aromatic rings. The number of rotatable bonds is 2. The molecule has 0 aliphatic rings. The summed E-state index contributed by atoms with van der Waals surface area (Å²) in [7, 11) is 0. The molecule has 0 spiro atoms. The summed E-state index contributed by atoms with van der Waals surface area (Å²) in [5, 5.41) is 5.61. The van der Waals surface area contributed by atoms with Crippen LogP contribution in [-0.4, -0.2) is 4.98 Å². The molecule has 2 heterocycles. The van der Waals surface area contributed by atoms with Gasteiger partial charge in [-0.2, -0.15) is 11.3 Å². The topological polar surface area (TPSA) is 15.8 Å². The van der Waals surface area contributed by atoms with Crippen molar-refractivity contribution in [3.63, 3.8) is 0 Å². The molecular weight excluding hydrogens is 226 g/mol. The number of benzene rings is 1. The maximum atomic E-state index is 3.50. The second-order valence-corrected chi connectivity index (χ2v) is 5.47. The molecule has 0 aliphatic heterocycles. The van der Waals surface area contributed by atoms with E-state index in [1.54, 1.807) is 11.3 Å². The third kappa shape index (κ3) is 1.89. The molecule has 0 radical (unpaired) electrons. The highest BCUT2D eigenvalue weighted by atomic mass is 32.1. The van der Waals surface area contributed by atoms with Crippen LogP contribution in [0.1, 0.15) is 25.5 Å². The fraction of sp³-hybridized carbons (Fsp3) is 0.200. The van der Waals surface area contributed by atoms with Crippen molar-refractivity contribution in [1.82, 2.24) is 4.98 Å². The van der Waals surface area contributed by atoms with Gasteiger partial charge in [0, 0.05) is 11.2 Å². The first kappa shape index (κ1) is 10.6. The molecule has 3 rings (SSSR count). The van der Waals surface area contributed by atoms with Crippen molar-refractivity contribution in [1.29, 1.82) is 0 Å². The largest absolute Gasteiger partial charge is 0.358 e. The molecule has 0 fully saturated rings. The van der Waals surface area contributed by atoms with Crippen molar-refractivity contribution >= 4 is 22.2 Å². The van der Waals surface area contributed by atoms with E-state index >= 15 is 0 Å². The van der Waals surface area contributed by atoms with Crippen molar-refractivity contribution in [2.45, 2.75) is 19.8 Å². The van der Waals surface area contributed by atoms with Crippen LogP contribution >= 0.6 is 11.3 Å². The number of thiophene rings is 1. The summed E-state index contributed by atoms with van der Waals surface area (Å²) in [5.41, 5.74) is 5.13. The molecule has 0 unspecified atom stereocenters. The second-order valence-electron chi connectivity index (χ2n) is 4.69. The lowest BCUT2D eigenvalue weighted by Gasteiger charge is -1.99. The summed E-state index contributed by atoms with van der Waals surface area (Å²) in [5.74, 6) is 0.548. The number of hydrogen-bond acceptors (Lipinski definition) is 1. The summed E-state index contributed by atoms with van der Waals surface area (Å²) in [6.45, 7) is 4.43. The second kappa shape index (κ2) is 4.04. The molecule has 0 aliphatic carbocycles.